The molecule has 1 saturated heterocycles. The number of nitrogens with two attached hydrogens (primary N) is 1. The van der Waals surface area contributed by atoms with E-state index < -0.39 is 5.91 Å². The number of amides is 1. The van der Waals surface area contributed by atoms with Crippen LogP contribution in [-0.2, 0) is 11.3 Å². The van der Waals surface area contributed by atoms with Gasteiger partial charge >= 0.3 is 0 Å². The van der Waals surface area contributed by atoms with Crippen LogP contribution in [0.25, 0.3) is 0 Å². The van der Waals surface area contributed by atoms with Gasteiger partial charge in [-0.15, -0.1) is 24.0 Å². The SMILES string of the molecule is CCCCN1CCC(NC(=NCc2cccc(OCC(N)=O)c2)NCC)CC1.I. The fourth-order valence-electron chi connectivity index (χ4n) is 3.25. The van der Waals surface area contributed by atoms with Crippen molar-refractivity contribution in [3.63, 3.8) is 0 Å². The number of aliphatic imine (C=N–C) groups is 1. The van der Waals surface area contributed by atoms with Crippen LogP contribution in [0.1, 0.15) is 45.1 Å². The first-order chi connectivity index (χ1) is 13.6. The van der Waals surface area contributed by atoms with Gasteiger partial charge in [0.05, 0.1) is 6.54 Å². The van der Waals surface area contributed by atoms with E-state index in [4.69, 9.17) is 15.5 Å². The molecule has 2 rings (SSSR count). The molecule has 7 nitrogen and oxygen atoms in total. The molecule has 0 atom stereocenters. The fourth-order valence-corrected chi connectivity index (χ4v) is 3.25. The van der Waals surface area contributed by atoms with E-state index in [1.807, 2.05) is 24.3 Å². The highest BCUT2D eigenvalue weighted by Crippen LogP contribution is 2.14. The number of primary amides is 1. The van der Waals surface area contributed by atoms with Crippen molar-refractivity contribution >= 4 is 35.8 Å². The van der Waals surface area contributed by atoms with E-state index in [9.17, 15) is 4.79 Å². The van der Waals surface area contributed by atoms with E-state index in [1.54, 1.807) is 0 Å². The van der Waals surface area contributed by atoms with E-state index in [0.717, 1.165) is 44.0 Å². The van der Waals surface area contributed by atoms with Gasteiger partial charge in [-0.05, 0) is 50.4 Å². The molecule has 1 aliphatic rings. The molecule has 1 amide bonds. The van der Waals surface area contributed by atoms with E-state index in [2.05, 4.69) is 29.4 Å². The molecule has 1 fully saturated rings. The zero-order valence-electron chi connectivity index (χ0n) is 17.7. The van der Waals surface area contributed by atoms with Crippen LogP contribution in [0.15, 0.2) is 29.3 Å². The first-order valence-corrected chi connectivity index (χ1v) is 10.4. The van der Waals surface area contributed by atoms with Crippen LogP contribution in [0.4, 0.5) is 0 Å². The number of nitrogens with zero attached hydrogens (tertiary/aromatic N) is 2. The van der Waals surface area contributed by atoms with Crippen molar-refractivity contribution in [2.75, 3.05) is 32.8 Å². The Morgan fingerprint density at radius 2 is 2.07 bits per heavy atom. The molecule has 0 bridgehead atoms. The average Bonchev–Trinajstić information content (AvgIpc) is 2.70. The first-order valence-electron chi connectivity index (χ1n) is 10.4. The van der Waals surface area contributed by atoms with Gasteiger partial charge in [0.25, 0.3) is 5.91 Å². The lowest BCUT2D eigenvalue weighted by Crippen LogP contribution is -2.48. The lowest BCUT2D eigenvalue weighted by Gasteiger charge is -2.33. The Kier molecular flexibility index (Phi) is 12.7. The lowest BCUT2D eigenvalue weighted by molar-refractivity contribution is -0.119. The lowest BCUT2D eigenvalue weighted by atomic mass is 10.0. The molecule has 0 aliphatic carbocycles. The number of unbranched alkanes of at least 4 members (excludes halogenated alkanes) is 1. The highest BCUT2D eigenvalue weighted by Gasteiger charge is 2.19. The van der Waals surface area contributed by atoms with Gasteiger partial charge in [0.2, 0.25) is 0 Å². The third kappa shape index (κ3) is 10.2. The monoisotopic (exact) mass is 517 g/mol. The van der Waals surface area contributed by atoms with Gasteiger partial charge < -0.3 is 26.0 Å². The summed E-state index contributed by atoms with van der Waals surface area (Å²) in [4.78, 5) is 18.1. The standard InChI is InChI=1S/C21H35N5O2.HI/c1-3-5-11-26-12-9-18(10-13-26)25-21(23-4-2)24-15-17-7-6-8-19(14-17)28-16-20(22)27;/h6-8,14,18H,3-5,9-13,15-16H2,1-2H3,(H2,22,27)(H2,23,24,25);1H. The maximum absolute atomic E-state index is 10.9. The number of nitrogens with one attached hydrogen (secondary N) is 2. The number of piperidine rings is 1. The molecule has 0 radical (unpaired) electrons. The summed E-state index contributed by atoms with van der Waals surface area (Å²) in [7, 11) is 0. The van der Waals surface area contributed by atoms with Crippen LogP contribution < -0.4 is 21.1 Å². The third-order valence-corrected chi connectivity index (χ3v) is 4.80. The highest BCUT2D eigenvalue weighted by atomic mass is 127. The largest absolute Gasteiger partial charge is 0.484 e. The number of carbonyl (C=O) groups is 1. The van der Waals surface area contributed by atoms with Crippen molar-refractivity contribution in [1.82, 2.24) is 15.5 Å². The highest BCUT2D eigenvalue weighted by molar-refractivity contribution is 14.0. The molecule has 4 N–H and O–H groups in total. The summed E-state index contributed by atoms with van der Waals surface area (Å²) in [6.07, 6.45) is 4.82. The van der Waals surface area contributed by atoms with Crippen LogP contribution >= 0.6 is 24.0 Å². The number of rotatable bonds is 10. The van der Waals surface area contributed by atoms with Crippen LogP contribution in [-0.4, -0.2) is 55.6 Å². The van der Waals surface area contributed by atoms with E-state index >= 15 is 0 Å². The summed E-state index contributed by atoms with van der Waals surface area (Å²) in [5, 5.41) is 6.91. The molecule has 29 heavy (non-hydrogen) atoms. The van der Waals surface area contributed by atoms with Crippen molar-refractivity contribution in [2.24, 2.45) is 10.7 Å². The second-order valence-electron chi connectivity index (χ2n) is 7.21. The third-order valence-electron chi connectivity index (χ3n) is 4.80. The van der Waals surface area contributed by atoms with Crippen LogP contribution in [0.5, 0.6) is 5.75 Å². The Bertz CT molecular complexity index is 633. The van der Waals surface area contributed by atoms with Crippen molar-refractivity contribution < 1.29 is 9.53 Å². The van der Waals surface area contributed by atoms with Gasteiger partial charge in [-0.25, -0.2) is 4.99 Å². The number of carbonyl (C=O) groups excluding carboxylic acids is 1. The molecule has 0 unspecified atom stereocenters. The summed E-state index contributed by atoms with van der Waals surface area (Å²) in [6, 6.07) is 8.05. The summed E-state index contributed by atoms with van der Waals surface area (Å²) in [5.74, 6) is 0.990. The van der Waals surface area contributed by atoms with Gasteiger partial charge in [-0.3, -0.25) is 4.79 Å². The Hall–Kier alpha value is -1.55. The number of benzene rings is 1. The Labute approximate surface area is 191 Å². The van der Waals surface area contributed by atoms with E-state index in [1.165, 1.54) is 19.4 Å². The summed E-state index contributed by atoms with van der Waals surface area (Å²) in [5.41, 5.74) is 6.15. The molecule has 1 aromatic rings. The minimum atomic E-state index is -0.484. The fraction of sp³-hybridized carbons (Fsp3) is 0.619. The summed E-state index contributed by atoms with van der Waals surface area (Å²) >= 11 is 0. The van der Waals surface area contributed by atoms with Gasteiger partial charge in [0, 0.05) is 25.7 Å². The maximum Gasteiger partial charge on any atom is 0.255 e. The van der Waals surface area contributed by atoms with Crippen molar-refractivity contribution in [2.45, 2.75) is 52.1 Å². The Morgan fingerprint density at radius 3 is 2.72 bits per heavy atom. The summed E-state index contributed by atoms with van der Waals surface area (Å²) in [6.45, 7) is 9.07. The topological polar surface area (TPSA) is 92.0 Å². The molecular weight excluding hydrogens is 481 g/mol. The van der Waals surface area contributed by atoms with E-state index in [-0.39, 0.29) is 30.6 Å². The number of ether oxygens (including phenoxy) is 1. The smallest absolute Gasteiger partial charge is 0.255 e. The van der Waals surface area contributed by atoms with Gasteiger partial charge in [-0.1, -0.05) is 25.5 Å². The molecule has 164 valence electrons. The van der Waals surface area contributed by atoms with Crippen molar-refractivity contribution in [3.05, 3.63) is 29.8 Å². The van der Waals surface area contributed by atoms with Crippen LogP contribution in [0.3, 0.4) is 0 Å². The number of halogens is 1. The normalized spacial score (nSPS) is 15.4. The predicted molar refractivity (Wildman–Crippen MR) is 129 cm³/mol. The zero-order chi connectivity index (χ0) is 20.2. The molecule has 1 aromatic carbocycles. The molecule has 8 heteroatoms. The maximum atomic E-state index is 10.9. The minimum Gasteiger partial charge on any atom is -0.484 e. The zero-order valence-corrected chi connectivity index (χ0v) is 20.0. The second kappa shape index (κ2) is 14.4. The molecule has 0 aromatic heterocycles. The van der Waals surface area contributed by atoms with Crippen molar-refractivity contribution in [3.8, 4) is 5.75 Å². The number of guanidine groups is 1. The number of likely N-dealkylation sites (tertiary alicyclic amines) is 1. The first kappa shape index (κ1) is 25.5. The van der Waals surface area contributed by atoms with Crippen molar-refractivity contribution in [1.29, 1.82) is 0 Å². The van der Waals surface area contributed by atoms with Crippen LogP contribution in [0.2, 0.25) is 0 Å². The molecule has 0 saturated carbocycles. The Morgan fingerprint density at radius 1 is 1.31 bits per heavy atom. The summed E-state index contributed by atoms with van der Waals surface area (Å²) < 4.78 is 5.36. The second-order valence-corrected chi connectivity index (χ2v) is 7.21. The molecule has 0 spiro atoms. The Balaban J connectivity index is 0.00000420. The molecule has 1 aliphatic heterocycles. The van der Waals surface area contributed by atoms with Gasteiger partial charge in [-0.2, -0.15) is 0 Å². The van der Waals surface area contributed by atoms with Gasteiger partial charge in [0.15, 0.2) is 12.6 Å². The number of hydrogen-bond donors (Lipinski definition) is 3. The quantitative estimate of drug-likeness (QED) is 0.252. The average molecular weight is 517 g/mol. The van der Waals surface area contributed by atoms with E-state index in [0.29, 0.717) is 18.3 Å². The molecule has 1 heterocycles. The van der Waals surface area contributed by atoms with Gasteiger partial charge in [0.1, 0.15) is 5.75 Å². The number of hydrogen-bond acceptors (Lipinski definition) is 4. The predicted octanol–water partition coefficient (Wildman–Crippen LogP) is 2.49. The molecular formula is C21H36IN5O2. The minimum absolute atomic E-state index is 0. The van der Waals surface area contributed by atoms with Crippen LogP contribution in [0, 0.1) is 0 Å².